The second-order valence-corrected chi connectivity index (χ2v) is 17.7. The van der Waals surface area contributed by atoms with Crippen LogP contribution in [0, 0.1) is 29.6 Å². The van der Waals surface area contributed by atoms with Gasteiger partial charge in [-0.15, -0.1) is 0 Å². The molecule has 1 fully saturated rings. The van der Waals surface area contributed by atoms with E-state index in [9.17, 15) is 33.9 Å². The van der Waals surface area contributed by atoms with Crippen LogP contribution < -0.4 is 16.0 Å². The Balaban J connectivity index is 2.32. The third-order valence-corrected chi connectivity index (χ3v) is 12.8. The molecule has 5 amide bonds. The third kappa shape index (κ3) is 14.0. The molecule has 0 aliphatic carbocycles. The summed E-state index contributed by atoms with van der Waals surface area (Å²) in [6.07, 6.45) is 1.34. The van der Waals surface area contributed by atoms with Crippen LogP contribution in [0.4, 0.5) is 0 Å². The molecule has 0 saturated carbocycles. The largest absolute Gasteiger partial charge is 0.480 e. The first kappa shape index (κ1) is 53.1. The first-order valence-corrected chi connectivity index (χ1v) is 22.1. The second-order valence-electron chi connectivity index (χ2n) is 17.7. The number of hydrogen-bond acceptors (Lipinski definition) is 9. The number of amides is 5. The predicted octanol–water partition coefficient (Wildman–Crippen LogP) is 3.98. The van der Waals surface area contributed by atoms with Crippen LogP contribution in [0.2, 0.25) is 0 Å². The Labute approximate surface area is 365 Å². The van der Waals surface area contributed by atoms with E-state index < -0.39 is 72.2 Å². The molecule has 1 aliphatic heterocycles. The molecule has 0 spiro atoms. The summed E-state index contributed by atoms with van der Waals surface area (Å²) in [5, 5.41) is 18.7. The summed E-state index contributed by atoms with van der Waals surface area (Å²) in [5.74, 6) is -4.20. The Morgan fingerprint density at radius 3 is 1.89 bits per heavy atom. The summed E-state index contributed by atoms with van der Waals surface area (Å²) >= 11 is 0. The van der Waals surface area contributed by atoms with E-state index in [2.05, 4.69) is 16.0 Å². The van der Waals surface area contributed by atoms with E-state index >= 15 is 0 Å². The molecule has 61 heavy (non-hydrogen) atoms. The lowest BCUT2D eigenvalue weighted by atomic mass is 9.89. The zero-order valence-electron chi connectivity index (χ0n) is 39.4. The zero-order valence-corrected chi connectivity index (χ0v) is 39.4. The number of aliphatic carboxylic acids is 1. The first-order chi connectivity index (χ1) is 28.7. The molecule has 1 heterocycles. The number of nitrogens with zero attached hydrogens (tertiary/aromatic N) is 3. The number of likely N-dealkylation sites (N-methyl/N-ethyl adjacent to an activating group) is 3. The molecule has 1 saturated heterocycles. The van der Waals surface area contributed by atoms with Gasteiger partial charge in [-0.25, -0.2) is 4.79 Å². The van der Waals surface area contributed by atoms with Crippen LogP contribution >= 0.6 is 0 Å². The number of rotatable bonds is 25. The SMILES string of the molecule is CCC(C)C(NC)C(=O)N(C)C(C(=O)NC(C(=O)N(C)C(C(C)CC)C(CC(=O)N1CCCC1C(OC)C(C)C(=O)NC(Cc1ccccc1)C(=O)O)OC)C(C)C)C(C)C. The minimum Gasteiger partial charge on any atom is -0.480 e. The molecule has 1 aliphatic rings. The van der Waals surface area contributed by atoms with Crippen molar-refractivity contribution in [1.82, 2.24) is 30.7 Å². The average molecular weight is 859 g/mol. The molecule has 0 bridgehead atoms. The lowest BCUT2D eigenvalue weighted by molar-refractivity contribution is -0.149. The highest BCUT2D eigenvalue weighted by molar-refractivity contribution is 5.93. The van der Waals surface area contributed by atoms with Crippen molar-refractivity contribution in [2.45, 2.75) is 149 Å². The molecule has 4 N–H and O–H groups in total. The van der Waals surface area contributed by atoms with Crippen LogP contribution in [-0.2, 0) is 44.7 Å². The lowest BCUT2D eigenvalue weighted by Gasteiger charge is -2.41. The van der Waals surface area contributed by atoms with Crippen molar-refractivity contribution < 1.29 is 43.3 Å². The van der Waals surface area contributed by atoms with Crippen molar-refractivity contribution in [2.24, 2.45) is 29.6 Å². The minimum absolute atomic E-state index is 0.0457. The summed E-state index contributed by atoms with van der Waals surface area (Å²) in [5.41, 5.74) is 0.773. The van der Waals surface area contributed by atoms with Crippen molar-refractivity contribution >= 4 is 35.5 Å². The number of carbonyl (C=O) groups excluding carboxylic acids is 5. The van der Waals surface area contributed by atoms with Gasteiger partial charge < -0.3 is 45.2 Å². The fourth-order valence-corrected chi connectivity index (χ4v) is 8.80. The highest BCUT2D eigenvalue weighted by atomic mass is 16.5. The smallest absolute Gasteiger partial charge is 0.326 e. The van der Waals surface area contributed by atoms with Crippen LogP contribution in [0.3, 0.4) is 0 Å². The fraction of sp³-hybridized carbons (Fsp3) is 0.739. The van der Waals surface area contributed by atoms with E-state index in [1.54, 1.807) is 50.0 Å². The number of carboxylic acids is 1. The Kier molecular flexibility index (Phi) is 21.9. The monoisotopic (exact) mass is 859 g/mol. The van der Waals surface area contributed by atoms with Gasteiger partial charge in [-0.1, -0.05) is 105 Å². The van der Waals surface area contributed by atoms with Gasteiger partial charge in [-0.05, 0) is 49.1 Å². The maximum Gasteiger partial charge on any atom is 0.326 e. The van der Waals surface area contributed by atoms with Crippen molar-refractivity contribution in [3.63, 3.8) is 0 Å². The van der Waals surface area contributed by atoms with Gasteiger partial charge in [0.2, 0.25) is 29.5 Å². The van der Waals surface area contributed by atoms with E-state index in [0.29, 0.717) is 25.8 Å². The van der Waals surface area contributed by atoms with E-state index in [4.69, 9.17) is 9.47 Å². The van der Waals surface area contributed by atoms with Crippen molar-refractivity contribution in [3.8, 4) is 0 Å². The maximum absolute atomic E-state index is 14.5. The standard InChI is InChI=1S/C46H78N6O9/c1-15-29(7)38(47-10)45(57)50(11)39(28(5)6)43(55)49-37(27(3)4)44(56)51(12)40(30(8)16-2)35(60-13)26-36(53)52-24-20-23-34(52)41(61-14)31(9)42(54)48-33(46(58)59)25-32-21-18-17-19-22-32/h17-19,21-22,27-31,33-35,37-41,47H,15-16,20,23-26H2,1-14H3,(H,48,54)(H,49,55)(H,58,59). The van der Waals surface area contributed by atoms with Crippen LogP contribution in [0.1, 0.15) is 100.0 Å². The van der Waals surface area contributed by atoms with E-state index in [0.717, 1.165) is 12.0 Å². The van der Waals surface area contributed by atoms with Crippen molar-refractivity contribution in [2.75, 3.05) is 41.9 Å². The molecule has 15 heteroatoms. The molecular weight excluding hydrogens is 781 g/mol. The number of carbonyl (C=O) groups is 6. The molecule has 1 aromatic carbocycles. The molecule has 15 nitrogen and oxygen atoms in total. The second kappa shape index (κ2) is 25.1. The predicted molar refractivity (Wildman–Crippen MR) is 236 cm³/mol. The molecule has 2 rings (SSSR count). The van der Waals surface area contributed by atoms with E-state index in [-0.39, 0.29) is 54.2 Å². The maximum atomic E-state index is 14.5. The van der Waals surface area contributed by atoms with Gasteiger partial charge in [0, 0.05) is 41.3 Å². The summed E-state index contributed by atoms with van der Waals surface area (Å²) in [6.45, 7) is 17.6. The van der Waals surface area contributed by atoms with E-state index in [1.807, 2.05) is 73.6 Å². The number of carboxylic acid groups (broad SMARTS) is 1. The highest BCUT2D eigenvalue weighted by Gasteiger charge is 2.44. The average Bonchev–Trinajstić information content (AvgIpc) is 3.71. The number of nitrogens with one attached hydrogen (secondary N) is 3. The van der Waals surface area contributed by atoms with Gasteiger partial charge in [-0.2, -0.15) is 0 Å². The number of methoxy groups -OCH3 is 2. The van der Waals surface area contributed by atoms with Crippen molar-refractivity contribution in [1.29, 1.82) is 0 Å². The Bertz CT molecular complexity index is 1580. The van der Waals surface area contributed by atoms with Gasteiger partial charge in [0.05, 0.1) is 42.7 Å². The van der Waals surface area contributed by atoms with Gasteiger partial charge >= 0.3 is 5.97 Å². The summed E-state index contributed by atoms with van der Waals surface area (Å²) in [4.78, 5) is 87.1. The van der Waals surface area contributed by atoms with Crippen LogP contribution in [0.15, 0.2) is 30.3 Å². The molecule has 11 unspecified atom stereocenters. The van der Waals surface area contributed by atoms with Gasteiger partial charge in [0.1, 0.15) is 18.1 Å². The van der Waals surface area contributed by atoms with E-state index in [1.165, 1.54) is 19.1 Å². The number of likely N-dealkylation sites (tertiary alicyclic amines) is 1. The molecular formula is C46H78N6O9. The number of benzene rings is 1. The van der Waals surface area contributed by atoms with Crippen LogP contribution in [0.25, 0.3) is 0 Å². The quantitative estimate of drug-likeness (QED) is 0.112. The fourth-order valence-electron chi connectivity index (χ4n) is 8.80. The lowest BCUT2D eigenvalue weighted by Crippen LogP contribution is -2.61. The van der Waals surface area contributed by atoms with Gasteiger partial charge in [-0.3, -0.25) is 24.0 Å². The number of ether oxygens (including phenoxy) is 2. The summed E-state index contributed by atoms with van der Waals surface area (Å²) in [6, 6.07) is 4.69. The number of hydrogen-bond donors (Lipinski definition) is 4. The summed E-state index contributed by atoms with van der Waals surface area (Å²) < 4.78 is 11.9. The molecule has 1 aromatic rings. The first-order valence-electron chi connectivity index (χ1n) is 22.1. The van der Waals surface area contributed by atoms with Gasteiger partial charge in [0.15, 0.2) is 0 Å². The Morgan fingerprint density at radius 1 is 0.803 bits per heavy atom. The zero-order chi connectivity index (χ0) is 46.3. The molecule has 346 valence electrons. The Morgan fingerprint density at radius 2 is 1.39 bits per heavy atom. The third-order valence-electron chi connectivity index (χ3n) is 12.8. The highest BCUT2D eigenvalue weighted by Crippen LogP contribution is 2.30. The van der Waals surface area contributed by atoms with Crippen LogP contribution in [0.5, 0.6) is 0 Å². The Hall–Kier alpha value is -4.08. The van der Waals surface area contributed by atoms with Gasteiger partial charge in [0.25, 0.3) is 0 Å². The topological polar surface area (TPSA) is 187 Å². The summed E-state index contributed by atoms with van der Waals surface area (Å²) in [7, 11) is 8.05. The van der Waals surface area contributed by atoms with Crippen molar-refractivity contribution in [3.05, 3.63) is 35.9 Å². The molecule has 11 atom stereocenters. The molecule has 0 radical (unpaired) electrons. The minimum atomic E-state index is -1.15. The molecule has 0 aromatic heterocycles. The van der Waals surface area contributed by atoms with Crippen LogP contribution in [-0.4, -0.2) is 146 Å². The normalized spacial score (nSPS) is 19.1.